The zero-order valence-corrected chi connectivity index (χ0v) is 12.4. The van der Waals surface area contributed by atoms with Crippen LogP contribution in [-0.4, -0.2) is 4.98 Å². The molecule has 0 saturated carbocycles. The predicted octanol–water partition coefficient (Wildman–Crippen LogP) is 5.81. The first kappa shape index (κ1) is 7.06. The molecule has 1 heteroatoms. The first-order valence-corrected chi connectivity index (χ1v) is 7.06. The third-order valence-corrected chi connectivity index (χ3v) is 3.44. The topological polar surface area (TPSA) is 12.9 Å². The number of pyridine rings is 1. The summed E-state index contributed by atoms with van der Waals surface area (Å²) in [6.07, 6.45) is 0.701. The Balaban J connectivity index is 2.66. The van der Waals surface area contributed by atoms with Crippen molar-refractivity contribution in [3.63, 3.8) is 0 Å². The van der Waals surface area contributed by atoms with E-state index in [-0.39, 0.29) is 41.5 Å². The average Bonchev–Trinajstić information content (AvgIpc) is 2.58. The largest absolute Gasteiger partial charge is 0.256 e. The molecule has 1 nitrogen and oxygen atoms in total. The molecule has 1 aromatic heterocycles. The molecule has 1 aliphatic rings. The second-order valence-electron chi connectivity index (χ2n) is 5.13. The second kappa shape index (κ2) is 6.88. The van der Waals surface area contributed by atoms with Crippen LogP contribution in [0, 0.1) is 6.92 Å². The zero-order chi connectivity index (χ0) is 22.3. The second-order valence-corrected chi connectivity index (χ2v) is 5.13. The van der Waals surface area contributed by atoms with Crippen molar-refractivity contribution in [2.24, 2.45) is 0 Å². The van der Waals surface area contributed by atoms with Crippen molar-refractivity contribution < 1.29 is 12.3 Å². The molecule has 0 fully saturated rings. The molecule has 1 aromatic rings. The van der Waals surface area contributed by atoms with Crippen LogP contribution in [0.2, 0.25) is 0 Å². The van der Waals surface area contributed by atoms with Crippen LogP contribution in [0.1, 0.15) is 87.8 Å². The average molecular weight is 278 g/mol. The summed E-state index contributed by atoms with van der Waals surface area (Å²) in [5.74, 6) is -1.07. The normalized spacial score (nSPS) is 29.9. The fourth-order valence-corrected chi connectivity index (χ4v) is 2.19. The Kier molecular flexibility index (Phi) is 2.43. The molecule has 0 aromatic carbocycles. The molecule has 0 saturated heterocycles. The van der Waals surface area contributed by atoms with Gasteiger partial charge in [0.1, 0.15) is 0 Å². The zero-order valence-electron chi connectivity index (χ0n) is 21.4. The number of allylic oxidation sites excluding steroid dienone is 4. The van der Waals surface area contributed by atoms with Crippen molar-refractivity contribution in [3.05, 3.63) is 46.7 Å². The van der Waals surface area contributed by atoms with E-state index in [0.717, 1.165) is 12.8 Å². The predicted molar refractivity (Wildman–Crippen MR) is 87.9 cm³/mol. The van der Waals surface area contributed by atoms with E-state index in [1.54, 1.807) is 13.8 Å². The van der Waals surface area contributed by atoms with Gasteiger partial charge in [0.25, 0.3) is 0 Å². The highest BCUT2D eigenvalue weighted by Gasteiger charge is 2.12. The SMILES string of the molecule is [2H]C1=C(c2nc([2H])c(C([2H])(C)CCCC)c(C)c2[2H])CC([2H])C(C([2H])([2H])[2H])=C1[2H]. The van der Waals surface area contributed by atoms with E-state index in [9.17, 15) is 0 Å². The van der Waals surface area contributed by atoms with Gasteiger partial charge in [-0.25, -0.2) is 0 Å². The number of unbranched alkanes of at least 4 members (excludes halogenated alkanes) is 1. The van der Waals surface area contributed by atoms with Gasteiger partial charge in [0.15, 0.2) is 0 Å². The van der Waals surface area contributed by atoms with Gasteiger partial charge in [-0.2, -0.15) is 0 Å². The Morgan fingerprint density at radius 1 is 1.55 bits per heavy atom. The van der Waals surface area contributed by atoms with E-state index in [2.05, 4.69) is 4.98 Å². The van der Waals surface area contributed by atoms with Crippen molar-refractivity contribution in [2.45, 2.75) is 65.6 Å². The van der Waals surface area contributed by atoms with Crippen molar-refractivity contribution in [2.75, 3.05) is 0 Å². The minimum Gasteiger partial charge on any atom is -0.256 e. The van der Waals surface area contributed by atoms with E-state index >= 15 is 0 Å². The molecular weight excluding hydrogens is 242 g/mol. The summed E-state index contributed by atoms with van der Waals surface area (Å²) in [4.78, 5) is 4.19. The van der Waals surface area contributed by atoms with Crippen LogP contribution in [0.3, 0.4) is 0 Å². The summed E-state index contributed by atoms with van der Waals surface area (Å²) in [7, 11) is 0. The molecule has 1 heterocycles. The van der Waals surface area contributed by atoms with Crippen molar-refractivity contribution in [1.29, 1.82) is 0 Å². The summed E-state index contributed by atoms with van der Waals surface area (Å²) >= 11 is 0. The van der Waals surface area contributed by atoms with Gasteiger partial charge in [0.2, 0.25) is 0 Å². The van der Waals surface area contributed by atoms with Gasteiger partial charge < -0.3 is 0 Å². The van der Waals surface area contributed by atoms with E-state index in [1.807, 2.05) is 6.92 Å². The fraction of sp³-hybridized carbons (Fsp3) is 0.526. The highest BCUT2D eigenvalue weighted by Crippen LogP contribution is 2.29. The van der Waals surface area contributed by atoms with E-state index < -0.39 is 25.2 Å². The summed E-state index contributed by atoms with van der Waals surface area (Å²) in [5.41, 5.74) is 0.577. The molecule has 0 bridgehead atoms. The van der Waals surface area contributed by atoms with Crippen LogP contribution < -0.4 is 0 Å². The Morgan fingerprint density at radius 3 is 3.15 bits per heavy atom. The fourth-order valence-electron chi connectivity index (χ4n) is 2.19. The highest BCUT2D eigenvalue weighted by molar-refractivity contribution is 5.66. The molecule has 0 amide bonds. The molecule has 0 aliphatic heterocycles. The summed E-state index contributed by atoms with van der Waals surface area (Å²) < 4.78 is 72.6. The first-order valence-electron chi connectivity index (χ1n) is 11.6. The third kappa shape index (κ3) is 3.59. The minimum atomic E-state index is -2.63. The first-order chi connectivity index (χ1) is 13.2. The van der Waals surface area contributed by atoms with Crippen LogP contribution in [-0.2, 0) is 0 Å². The standard InChI is InChI=1S/C19H27N/c1-5-6-7-15(3)18-13-20-19(12-16(18)4)17-10-8-14(2)9-11-17/h8,10,12-13,15H,5-7,9,11H2,1-4H3/i2D3,8D,9D,10D,12D,13D,15D. The van der Waals surface area contributed by atoms with Crippen LogP contribution >= 0.6 is 0 Å². The lowest BCUT2D eigenvalue weighted by Crippen LogP contribution is -2.01. The molecule has 20 heavy (non-hydrogen) atoms. The molecule has 0 radical (unpaired) electrons. The summed E-state index contributed by atoms with van der Waals surface area (Å²) in [6.45, 7) is 2.73. The number of hydrogen-bond donors (Lipinski definition) is 0. The maximum atomic E-state index is 8.64. The molecule has 2 unspecified atom stereocenters. The Hall–Kier alpha value is -1.37. The van der Waals surface area contributed by atoms with Gasteiger partial charge in [-0.15, -0.1) is 0 Å². The van der Waals surface area contributed by atoms with Crippen LogP contribution in [0.5, 0.6) is 0 Å². The maximum Gasteiger partial charge on any atom is 0.0843 e. The van der Waals surface area contributed by atoms with Crippen molar-refractivity contribution >= 4 is 5.57 Å². The smallest absolute Gasteiger partial charge is 0.0843 e. The van der Waals surface area contributed by atoms with E-state index in [1.165, 1.54) is 0 Å². The molecule has 0 N–H and O–H groups in total. The molecule has 2 atom stereocenters. The molecule has 1 aliphatic carbocycles. The van der Waals surface area contributed by atoms with Gasteiger partial charge in [0.05, 0.1) is 11.2 Å². The number of aromatic nitrogens is 1. The number of hydrogen-bond acceptors (Lipinski definition) is 1. The summed E-state index contributed by atoms with van der Waals surface area (Å²) in [5, 5.41) is 0. The monoisotopic (exact) mass is 278 g/mol. The molecule has 2 rings (SSSR count). The lowest BCUT2D eigenvalue weighted by Gasteiger charge is -2.17. The third-order valence-electron chi connectivity index (χ3n) is 3.44. The maximum absolute atomic E-state index is 8.64. The lowest BCUT2D eigenvalue weighted by molar-refractivity contribution is 0.620. The minimum absolute atomic E-state index is 0.0270. The lowest BCUT2D eigenvalue weighted by atomic mass is 9.91. The van der Waals surface area contributed by atoms with Gasteiger partial charge in [-0.1, -0.05) is 44.4 Å². The van der Waals surface area contributed by atoms with Crippen molar-refractivity contribution in [3.8, 4) is 0 Å². The Morgan fingerprint density at radius 2 is 2.40 bits per heavy atom. The summed E-state index contributed by atoms with van der Waals surface area (Å²) in [6, 6.07) is -0.941. The van der Waals surface area contributed by atoms with E-state index in [0.29, 0.717) is 17.5 Å². The number of rotatable bonds is 5. The Labute approximate surface area is 136 Å². The van der Waals surface area contributed by atoms with Gasteiger partial charge in [-0.3, -0.25) is 4.98 Å². The van der Waals surface area contributed by atoms with Crippen LogP contribution in [0.15, 0.2) is 29.9 Å². The number of nitrogens with zero attached hydrogens (tertiary/aromatic N) is 1. The van der Waals surface area contributed by atoms with E-state index in [4.69, 9.17) is 12.3 Å². The van der Waals surface area contributed by atoms with Gasteiger partial charge in [-0.05, 0) is 61.7 Å². The highest BCUT2D eigenvalue weighted by atomic mass is 14.7. The van der Waals surface area contributed by atoms with Crippen LogP contribution in [0.4, 0.5) is 0 Å². The molecular formula is C19H27N. The van der Waals surface area contributed by atoms with Crippen LogP contribution in [0.25, 0.3) is 5.57 Å². The Bertz CT molecular complexity index is 865. The molecule has 0 spiro atoms. The molecule has 108 valence electrons. The van der Waals surface area contributed by atoms with Gasteiger partial charge in [0, 0.05) is 13.0 Å². The quantitative estimate of drug-likeness (QED) is 0.662. The van der Waals surface area contributed by atoms with Crippen molar-refractivity contribution in [1.82, 2.24) is 4.98 Å². The van der Waals surface area contributed by atoms with Gasteiger partial charge >= 0.3 is 0 Å².